The van der Waals surface area contributed by atoms with E-state index in [0.717, 1.165) is 16.0 Å². The summed E-state index contributed by atoms with van der Waals surface area (Å²) in [5.41, 5.74) is 6.64. The van der Waals surface area contributed by atoms with Crippen molar-refractivity contribution in [2.45, 2.75) is 24.9 Å². The largest absolute Gasteiger partial charge is 0.477 e. The van der Waals surface area contributed by atoms with Gasteiger partial charge in [0.25, 0.3) is 11.8 Å². The molecule has 3 aromatic rings. The fourth-order valence-corrected chi connectivity index (χ4v) is 6.93. The number of nitrogens with one attached hydrogen (secondary N) is 1. The number of amides is 2. The van der Waals surface area contributed by atoms with Crippen LogP contribution in [0, 0.1) is 0 Å². The van der Waals surface area contributed by atoms with Crippen LogP contribution in [0.1, 0.15) is 22.4 Å². The second-order valence-corrected chi connectivity index (χ2v) is 11.4. The van der Waals surface area contributed by atoms with Crippen LogP contribution >= 0.6 is 34.4 Å². The van der Waals surface area contributed by atoms with Crippen LogP contribution in [0.4, 0.5) is 5.13 Å². The number of fused-ring (bicyclic) bond motifs is 2. The summed E-state index contributed by atoms with van der Waals surface area (Å²) in [7, 11) is 1.27. The zero-order chi connectivity index (χ0) is 28.6. The van der Waals surface area contributed by atoms with Gasteiger partial charge >= 0.3 is 11.9 Å². The van der Waals surface area contributed by atoms with Crippen LogP contribution in [0.25, 0.3) is 10.2 Å². The Morgan fingerprint density at radius 1 is 1.35 bits per heavy atom. The lowest BCUT2D eigenvalue weighted by Crippen LogP contribution is -2.71. The SMILES string of the molecule is CCOC(=O)c1nc2c[n+](CC3=C(C(=O)O)N4C(=O)C(NC(=O)C(=NOC)c5csc(N)n5)[C@@H]4SC3)ccc2s1. The van der Waals surface area contributed by atoms with Crippen molar-refractivity contribution in [3.05, 3.63) is 45.8 Å². The summed E-state index contributed by atoms with van der Waals surface area (Å²) < 4.78 is 7.53. The average Bonchev–Trinajstić information content (AvgIpc) is 3.55. The summed E-state index contributed by atoms with van der Waals surface area (Å²) in [6, 6.07) is 0.817. The van der Waals surface area contributed by atoms with Crippen LogP contribution < -0.4 is 15.6 Å². The van der Waals surface area contributed by atoms with E-state index in [1.54, 1.807) is 30.0 Å². The third-order valence-electron chi connectivity index (χ3n) is 5.91. The lowest BCUT2D eigenvalue weighted by atomic mass is 10.0. The fourth-order valence-electron chi connectivity index (χ4n) is 4.22. The Balaban J connectivity index is 1.34. The molecular formula is C23H22N7O7S3+. The predicted octanol–water partition coefficient (Wildman–Crippen LogP) is 0.589. The van der Waals surface area contributed by atoms with Gasteiger partial charge in [-0.25, -0.2) is 19.6 Å². The molecule has 4 N–H and O–H groups in total. The number of pyridine rings is 1. The van der Waals surface area contributed by atoms with Crippen LogP contribution in [-0.2, 0) is 30.5 Å². The van der Waals surface area contributed by atoms with Crippen molar-refractivity contribution in [1.82, 2.24) is 20.2 Å². The molecular weight excluding hydrogens is 582 g/mol. The Kier molecular flexibility index (Phi) is 7.68. The van der Waals surface area contributed by atoms with Crippen LogP contribution in [0.5, 0.6) is 0 Å². The Hall–Kier alpha value is -4.09. The summed E-state index contributed by atoms with van der Waals surface area (Å²) in [6.07, 6.45) is 3.46. The number of thiazole rings is 2. The van der Waals surface area contributed by atoms with Gasteiger partial charge in [0.15, 0.2) is 29.8 Å². The van der Waals surface area contributed by atoms with Crippen LogP contribution in [0.15, 0.2) is 40.3 Å². The quantitative estimate of drug-likeness (QED) is 0.102. The highest BCUT2D eigenvalue weighted by Crippen LogP contribution is 2.40. The molecule has 40 heavy (non-hydrogen) atoms. The van der Waals surface area contributed by atoms with Gasteiger partial charge in [-0.15, -0.1) is 34.4 Å². The molecule has 208 valence electrons. The number of esters is 1. The lowest BCUT2D eigenvalue weighted by Gasteiger charge is -2.49. The third-order valence-corrected chi connectivity index (χ3v) is 8.94. The number of anilines is 1. The smallest absolute Gasteiger partial charge is 0.367 e. The van der Waals surface area contributed by atoms with E-state index in [-0.39, 0.29) is 40.4 Å². The first kappa shape index (κ1) is 27.5. The number of carbonyl (C=O) groups excluding carboxylic acids is 3. The topological polar surface area (TPSA) is 190 Å². The average molecular weight is 605 g/mol. The second-order valence-electron chi connectivity index (χ2n) is 8.42. The first-order valence-corrected chi connectivity index (χ1v) is 14.5. The van der Waals surface area contributed by atoms with Gasteiger partial charge in [0.2, 0.25) is 5.01 Å². The van der Waals surface area contributed by atoms with E-state index < -0.39 is 35.2 Å². The molecule has 0 radical (unpaired) electrons. The number of nitrogens with zero attached hydrogens (tertiary/aromatic N) is 5. The third kappa shape index (κ3) is 5.09. The van der Waals surface area contributed by atoms with E-state index in [9.17, 15) is 24.3 Å². The molecule has 3 aromatic heterocycles. The summed E-state index contributed by atoms with van der Waals surface area (Å²) in [5.74, 6) is -2.71. The molecule has 0 saturated carbocycles. The van der Waals surface area contributed by atoms with E-state index in [2.05, 4.69) is 20.4 Å². The van der Waals surface area contributed by atoms with E-state index >= 15 is 0 Å². The molecule has 0 aromatic carbocycles. The van der Waals surface area contributed by atoms with Gasteiger partial charge < -0.3 is 25.7 Å². The highest BCUT2D eigenvalue weighted by molar-refractivity contribution is 8.00. The number of oxime groups is 1. The Bertz CT molecular complexity index is 1600. The van der Waals surface area contributed by atoms with Crippen LogP contribution in [0.2, 0.25) is 0 Å². The van der Waals surface area contributed by atoms with Crippen molar-refractivity contribution in [2.24, 2.45) is 5.16 Å². The number of aliphatic carboxylic acids is 1. The van der Waals surface area contributed by atoms with E-state index in [4.69, 9.17) is 15.3 Å². The maximum absolute atomic E-state index is 13.1. The monoisotopic (exact) mass is 604 g/mol. The Morgan fingerprint density at radius 3 is 2.83 bits per heavy atom. The number of nitrogens with two attached hydrogens (primary N) is 1. The van der Waals surface area contributed by atoms with Crippen LogP contribution in [-0.4, -0.2) is 80.3 Å². The first-order valence-electron chi connectivity index (χ1n) is 11.7. The van der Waals surface area contributed by atoms with E-state index in [0.29, 0.717) is 16.8 Å². The molecule has 14 nitrogen and oxygen atoms in total. The van der Waals surface area contributed by atoms with Crippen LogP contribution in [0.3, 0.4) is 0 Å². The highest BCUT2D eigenvalue weighted by Gasteiger charge is 2.54. The standard InChI is InChI=1S/C23H21N7O7S3/c1-3-37-22(35)18-25-11-7-29(5-4-13(11)40-18)6-10-8-38-20-15(19(32)30(20)16(10)21(33)34)27-17(31)14(28-36-2)12-9-39-23(24)26-12/h4-5,7,9,15,20H,3,6,8H2,1-2H3,(H3-,24,26,27,31,33,34)/p+1/t15?,20-/m0/s1. The van der Waals surface area contributed by atoms with Gasteiger partial charge in [-0.2, -0.15) is 4.57 Å². The fraction of sp³-hybridized carbons (Fsp3) is 0.304. The number of thioether (sulfide) groups is 1. The van der Waals surface area contributed by atoms with E-state index in [1.807, 2.05) is 0 Å². The molecule has 2 aliphatic heterocycles. The Morgan fingerprint density at radius 2 is 2.15 bits per heavy atom. The van der Waals surface area contributed by atoms with Crippen molar-refractivity contribution in [2.75, 3.05) is 25.2 Å². The summed E-state index contributed by atoms with van der Waals surface area (Å²) in [5, 5.41) is 17.7. The molecule has 5 rings (SSSR count). The number of nitrogen functional groups attached to an aromatic ring is 1. The van der Waals surface area contributed by atoms with Crippen molar-refractivity contribution >= 4 is 79.2 Å². The summed E-state index contributed by atoms with van der Waals surface area (Å²) >= 11 is 3.65. The predicted molar refractivity (Wildman–Crippen MR) is 146 cm³/mol. The minimum atomic E-state index is -1.25. The molecule has 2 amide bonds. The molecule has 1 saturated heterocycles. The number of carbonyl (C=O) groups is 4. The van der Waals surface area contributed by atoms with Crippen molar-refractivity contribution < 1.29 is 38.4 Å². The summed E-state index contributed by atoms with van der Waals surface area (Å²) in [4.78, 5) is 64.6. The molecule has 17 heteroatoms. The van der Waals surface area contributed by atoms with Gasteiger partial charge in [-0.3, -0.25) is 14.5 Å². The van der Waals surface area contributed by atoms with Crippen molar-refractivity contribution in [3.63, 3.8) is 0 Å². The lowest BCUT2D eigenvalue weighted by molar-refractivity contribution is -0.687. The van der Waals surface area contributed by atoms with Crippen molar-refractivity contribution in [1.29, 1.82) is 0 Å². The number of hydrogen-bond donors (Lipinski definition) is 3. The number of aromatic nitrogens is 3. The number of carboxylic acids is 1. The van der Waals surface area contributed by atoms with Gasteiger partial charge in [-0.05, 0) is 6.92 Å². The number of carboxylic acid groups (broad SMARTS) is 1. The van der Waals surface area contributed by atoms with Gasteiger partial charge in [-0.1, -0.05) is 5.16 Å². The summed E-state index contributed by atoms with van der Waals surface area (Å²) in [6.45, 7) is 2.13. The molecule has 1 unspecified atom stereocenters. The molecule has 0 aliphatic carbocycles. The number of rotatable bonds is 9. The van der Waals surface area contributed by atoms with Gasteiger partial charge in [0.1, 0.15) is 35.4 Å². The van der Waals surface area contributed by atoms with Gasteiger partial charge in [0.05, 0.1) is 11.3 Å². The number of ether oxygens (including phenoxy) is 1. The maximum atomic E-state index is 13.1. The maximum Gasteiger partial charge on any atom is 0.367 e. The number of hydrogen-bond acceptors (Lipinski definition) is 13. The highest BCUT2D eigenvalue weighted by atomic mass is 32.2. The van der Waals surface area contributed by atoms with Crippen molar-refractivity contribution in [3.8, 4) is 0 Å². The zero-order valence-electron chi connectivity index (χ0n) is 21.0. The number of β-lactam (4-membered cyclic amide) rings is 1. The normalized spacial score (nSPS) is 18.8. The van der Waals surface area contributed by atoms with Gasteiger partial charge in [0, 0.05) is 22.8 Å². The minimum absolute atomic E-state index is 0.129. The Labute approximate surface area is 238 Å². The minimum Gasteiger partial charge on any atom is -0.477 e. The molecule has 1 fully saturated rings. The molecule has 2 aliphatic rings. The molecule has 2 atom stereocenters. The van der Waals surface area contributed by atoms with E-state index in [1.165, 1.54) is 40.5 Å². The molecule has 0 bridgehead atoms. The zero-order valence-corrected chi connectivity index (χ0v) is 23.5. The first-order chi connectivity index (χ1) is 19.2. The second kappa shape index (κ2) is 11.2. The molecule has 0 spiro atoms. The molecule has 5 heterocycles.